The summed E-state index contributed by atoms with van der Waals surface area (Å²) in [6, 6.07) is 12.9. The maximum absolute atomic E-state index is 11.8. The molecule has 0 aliphatic rings. The number of nitrogens with zero attached hydrogens (tertiary/aromatic N) is 1. The highest BCUT2D eigenvalue weighted by molar-refractivity contribution is 7.80. The number of aromatic nitrogens is 1. The molecular formula is C14H13ClN4OS. The SMILES string of the molecule is O=C(NNC(=S)NCc1ccccc1)c1ccc(Cl)nc1. The predicted molar refractivity (Wildman–Crippen MR) is 85.7 cm³/mol. The number of hydrazine groups is 1. The molecule has 0 aliphatic carbocycles. The van der Waals surface area contributed by atoms with Crippen LogP contribution in [0.2, 0.25) is 5.15 Å². The van der Waals surface area contributed by atoms with Crippen molar-refractivity contribution in [2.75, 3.05) is 0 Å². The van der Waals surface area contributed by atoms with E-state index in [0.717, 1.165) is 5.56 Å². The van der Waals surface area contributed by atoms with Crippen molar-refractivity contribution < 1.29 is 4.79 Å². The number of pyridine rings is 1. The van der Waals surface area contributed by atoms with Crippen molar-refractivity contribution in [3.05, 3.63) is 64.9 Å². The second-order valence-corrected chi connectivity index (χ2v) is 4.91. The van der Waals surface area contributed by atoms with E-state index in [1.54, 1.807) is 12.1 Å². The van der Waals surface area contributed by atoms with Gasteiger partial charge in [0.15, 0.2) is 5.11 Å². The number of halogens is 1. The molecule has 0 fully saturated rings. The highest BCUT2D eigenvalue weighted by atomic mass is 35.5. The average molecular weight is 321 g/mol. The lowest BCUT2D eigenvalue weighted by Crippen LogP contribution is -2.46. The molecule has 1 aromatic carbocycles. The van der Waals surface area contributed by atoms with E-state index in [4.69, 9.17) is 23.8 Å². The van der Waals surface area contributed by atoms with Gasteiger partial charge in [-0.05, 0) is 29.9 Å². The van der Waals surface area contributed by atoms with Crippen molar-refractivity contribution in [3.8, 4) is 0 Å². The van der Waals surface area contributed by atoms with Crippen LogP contribution in [-0.4, -0.2) is 16.0 Å². The first-order chi connectivity index (χ1) is 10.1. The first kappa shape index (κ1) is 15.2. The van der Waals surface area contributed by atoms with Crippen LogP contribution in [0.25, 0.3) is 0 Å². The largest absolute Gasteiger partial charge is 0.357 e. The molecule has 7 heteroatoms. The molecule has 0 atom stereocenters. The quantitative estimate of drug-likeness (QED) is 0.459. The Balaban J connectivity index is 1.76. The molecule has 1 aromatic heterocycles. The fourth-order valence-corrected chi connectivity index (χ4v) is 1.75. The number of thiocarbonyl (C=S) groups is 1. The number of rotatable bonds is 3. The number of hydrogen-bond acceptors (Lipinski definition) is 3. The van der Waals surface area contributed by atoms with E-state index >= 15 is 0 Å². The molecule has 0 saturated carbocycles. The minimum atomic E-state index is -0.344. The summed E-state index contributed by atoms with van der Waals surface area (Å²) < 4.78 is 0. The van der Waals surface area contributed by atoms with Gasteiger partial charge in [0.05, 0.1) is 5.56 Å². The summed E-state index contributed by atoms with van der Waals surface area (Å²) in [6.45, 7) is 0.574. The normalized spacial score (nSPS) is 9.76. The van der Waals surface area contributed by atoms with Gasteiger partial charge < -0.3 is 5.32 Å². The van der Waals surface area contributed by atoms with Gasteiger partial charge in [0.25, 0.3) is 5.91 Å². The number of amides is 1. The molecule has 0 spiro atoms. The third kappa shape index (κ3) is 5.02. The molecule has 0 saturated heterocycles. The summed E-state index contributed by atoms with van der Waals surface area (Å²) in [4.78, 5) is 15.6. The molecule has 0 unspecified atom stereocenters. The lowest BCUT2D eigenvalue weighted by Gasteiger charge is -2.11. The summed E-state index contributed by atoms with van der Waals surface area (Å²) in [5.74, 6) is -0.344. The monoisotopic (exact) mass is 320 g/mol. The fourth-order valence-electron chi connectivity index (χ4n) is 1.52. The number of carbonyl (C=O) groups is 1. The van der Waals surface area contributed by atoms with E-state index in [9.17, 15) is 4.79 Å². The summed E-state index contributed by atoms with van der Waals surface area (Å²) in [5, 5.41) is 3.64. The van der Waals surface area contributed by atoms with Crippen LogP contribution in [0.1, 0.15) is 15.9 Å². The van der Waals surface area contributed by atoms with E-state index in [1.807, 2.05) is 30.3 Å². The van der Waals surface area contributed by atoms with E-state index in [-0.39, 0.29) is 5.91 Å². The first-order valence-electron chi connectivity index (χ1n) is 6.15. The van der Waals surface area contributed by atoms with Gasteiger partial charge in [-0.1, -0.05) is 41.9 Å². The van der Waals surface area contributed by atoms with Gasteiger partial charge in [0.2, 0.25) is 0 Å². The maximum Gasteiger partial charge on any atom is 0.271 e. The highest BCUT2D eigenvalue weighted by Gasteiger charge is 2.05. The Morgan fingerprint density at radius 2 is 1.90 bits per heavy atom. The Labute approximate surface area is 132 Å². The molecule has 0 bridgehead atoms. The summed E-state index contributed by atoms with van der Waals surface area (Å²) >= 11 is 10.7. The van der Waals surface area contributed by atoms with Gasteiger partial charge in [-0.2, -0.15) is 0 Å². The Morgan fingerprint density at radius 3 is 2.57 bits per heavy atom. The van der Waals surface area contributed by atoms with E-state index in [2.05, 4.69) is 21.2 Å². The van der Waals surface area contributed by atoms with Gasteiger partial charge in [0, 0.05) is 12.7 Å². The average Bonchev–Trinajstić information content (AvgIpc) is 2.52. The third-order valence-corrected chi connectivity index (χ3v) is 3.05. The van der Waals surface area contributed by atoms with Crippen LogP contribution in [0.3, 0.4) is 0 Å². The third-order valence-electron chi connectivity index (χ3n) is 2.58. The zero-order valence-electron chi connectivity index (χ0n) is 11.0. The molecule has 1 heterocycles. The van der Waals surface area contributed by atoms with Crippen molar-refractivity contribution in [1.29, 1.82) is 0 Å². The van der Waals surface area contributed by atoms with Crippen LogP contribution in [0.4, 0.5) is 0 Å². The fraction of sp³-hybridized carbons (Fsp3) is 0.0714. The summed E-state index contributed by atoms with van der Waals surface area (Å²) in [6.07, 6.45) is 1.39. The van der Waals surface area contributed by atoms with Crippen LogP contribution in [-0.2, 0) is 6.54 Å². The standard InChI is InChI=1S/C14H13ClN4OS/c15-12-7-6-11(9-16-12)13(20)18-19-14(21)17-8-10-4-2-1-3-5-10/h1-7,9H,8H2,(H,18,20)(H2,17,19,21). The van der Waals surface area contributed by atoms with Crippen molar-refractivity contribution in [2.45, 2.75) is 6.54 Å². The van der Waals surface area contributed by atoms with Crippen molar-refractivity contribution in [2.24, 2.45) is 0 Å². The van der Waals surface area contributed by atoms with Gasteiger partial charge in [-0.15, -0.1) is 0 Å². The Kier molecular flexibility index (Phi) is 5.48. The smallest absolute Gasteiger partial charge is 0.271 e. The minimum Gasteiger partial charge on any atom is -0.357 e. The van der Waals surface area contributed by atoms with Crippen LogP contribution in [0.5, 0.6) is 0 Å². The zero-order valence-corrected chi connectivity index (χ0v) is 12.5. The van der Waals surface area contributed by atoms with Crippen LogP contribution in [0, 0.1) is 0 Å². The molecule has 5 nitrogen and oxygen atoms in total. The number of benzene rings is 1. The molecule has 21 heavy (non-hydrogen) atoms. The van der Waals surface area contributed by atoms with Gasteiger partial charge >= 0.3 is 0 Å². The molecule has 0 radical (unpaired) electrons. The summed E-state index contributed by atoms with van der Waals surface area (Å²) in [7, 11) is 0. The predicted octanol–water partition coefficient (Wildman–Crippen LogP) is 2.04. The first-order valence-corrected chi connectivity index (χ1v) is 6.93. The molecule has 3 N–H and O–H groups in total. The Hall–Kier alpha value is -2.18. The molecule has 0 aliphatic heterocycles. The zero-order chi connectivity index (χ0) is 15.1. The number of hydrogen-bond donors (Lipinski definition) is 3. The van der Waals surface area contributed by atoms with Gasteiger partial charge in [-0.25, -0.2) is 4.98 Å². The van der Waals surface area contributed by atoms with E-state index in [1.165, 1.54) is 6.20 Å². The Morgan fingerprint density at radius 1 is 1.14 bits per heavy atom. The van der Waals surface area contributed by atoms with Crippen molar-refractivity contribution in [3.63, 3.8) is 0 Å². The lowest BCUT2D eigenvalue weighted by molar-refractivity contribution is 0.0943. The second kappa shape index (κ2) is 7.56. The summed E-state index contributed by atoms with van der Waals surface area (Å²) in [5.41, 5.74) is 6.58. The van der Waals surface area contributed by atoms with Crippen molar-refractivity contribution >= 4 is 34.8 Å². The molecular weight excluding hydrogens is 308 g/mol. The lowest BCUT2D eigenvalue weighted by atomic mass is 10.2. The topological polar surface area (TPSA) is 66.1 Å². The van der Waals surface area contributed by atoms with Gasteiger partial charge in [0.1, 0.15) is 5.15 Å². The number of carbonyl (C=O) groups excluding carboxylic acids is 1. The molecule has 108 valence electrons. The van der Waals surface area contributed by atoms with Crippen molar-refractivity contribution in [1.82, 2.24) is 21.2 Å². The second-order valence-electron chi connectivity index (χ2n) is 4.12. The molecule has 2 aromatic rings. The Bertz CT molecular complexity index is 619. The minimum absolute atomic E-state index is 0.328. The highest BCUT2D eigenvalue weighted by Crippen LogP contribution is 2.04. The van der Waals surface area contributed by atoms with Crippen LogP contribution in [0.15, 0.2) is 48.7 Å². The van der Waals surface area contributed by atoms with Crippen LogP contribution >= 0.6 is 23.8 Å². The van der Waals surface area contributed by atoms with E-state index in [0.29, 0.717) is 22.4 Å². The molecule has 2 rings (SSSR count). The molecule has 1 amide bonds. The van der Waals surface area contributed by atoms with E-state index < -0.39 is 0 Å². The van der Waals surface area contributed by atoms with Crippen LogP contribution < -0.4 is 16.2 Å². The van der Waals surface area contributed by atoms with Gasteiger partial charge in [-0.3, -0.25) is 15.6 Å². The maximum atomic E-state index is 11.8. The number of nitrogens with one attached hydrogen (secondary N) is 3.